The summed E-state index contributed by atoms with van der Waals surface area (Å²) in [6.07, 6.45) is 2.71. The number of anilines is 1. The number of aliphatic hydroxyl groups is 1. The first-order chi connectivity index (χ1) is 9.70. The first-order valence-electron chi connectivity index (χ1n) is 5.55. The molecule has 1 aromatic heterocycles. The predicted octanol–water partition coefficient (Wildman–Crippen LogP) is 0.607. The van der Waals surface area contributed by atoms with E-state index in [1.54, 1.807) is 0 Å². The zero-order chi connectivity index (χ0) is 14.4. The molecule has 0 saturated heterocycles. The van der Waals surface area contributed by atoms with Crippen molar-refractivity contribution < 1.29 is 14.3 Å². The number of carbonyl (C=O) groups is 1. The topological polar surface area (TPSA) is 88.0 Å². The second-order valence-corrected chi connectivity index (χ2v) is 3.57. The number of nitrogens with zero attached hydrogens (tertiary/aromatic N) is 3. The quantitative estimate of drug-likeness (QED) is 0.782. The van der Waals surface area contributed by atoms with E-state index < -0.39 is 11.7 Å². The summed E-state index contributed by atoms with van der Waals surface area (Å²) in [5.74, 6) is 3.51. The van der Waals surface area contributed by atoms with Crippen molar-refractivity contribution in [3.05, 3.63) is 47.5 Å². The van der Waals surface area contributed by atoms with Crippen LogP contribution in [0.1, 0.15) is 15.9 Å². The van der Waals surface area contributed by atoms with Crippen LogP contribution in [0, 0.1) is 17.7 Å². The fourth-order valence-corrected chi connectivity index (χ4v) is 1.39. The molecule has 7 heteroatoms. The van der Waals surface area contributed by atoms with Crippen molar-refractivity contribution >= 4 is 11.9 Å². The molecular formula is C13H9FN4O2. The molecule has 20 heavy (non-hydrogen) atoms. The number of hydrogen-bond acceptors (Lipinski definition) is 5. The molecule has 0 spiro atoms. The van der Waals surface area contributed by atoms with Gasteiger partial charge < -0.3 is 5.11 Å². The molecule has 0 aliphatic carbocycles. The van der Waals surface area contributed by atoms with Gasteiger partial charge in [0.15, 0.2) is 0 Å². The van der Waals surface area contributed by atoms with E-state index in [-0.39, 0.29) is 18.1 Å². The Hall–Kier alpha value is -2.85. The van der Waals surface area contributed by atoms with Crippen LogP contribution >= 0.6 is 0 Å². The molecule has 0 aliphatic heterocycles. The number of nitrogens with one attached hydrogen (secondary N) is 1. The van der Waals surface area contributed by atoms with Gasteiger partial charge in [-0.3, -0.25) is 10.1 Å². The van der Waals surface area contributed by atoms with Crippen LogP contribution in [-0.4, -0.2) is 32.8 Å². The van der Waals surface area contributed by atoms with Crippen LogP contribution < -0.4 is 5.32 Å². The average molecular weight is 272 g/mol. The van der Waals surface area contributed by atoms with Crippen molar-refractivity contribution in [2.75, 3.05) is 11.9 Å². The van der Waals surface area contributed by atoms with E-state index in [0.717, 1.165) is 6.07 Å². The van der Waals surface area contributed by atoms with E-state index in [9.17, 15) is 9.18 Å². The third-order valence-corrected chi connectivity index (χ3v) is 2.23. The third kappa shape index (κ3) is 3.34. The molecule has 0 atom stereocenters. The molecule has 0 fully saturated rings. The molecule has 1 amide bonds. The van der Waals surface area contributed by atoms with Crippen molar-refractivity contribution in [2.45, 2.75) is 0 Å². The minimum absolute atomic E-state index is 0.0129. The molecule has 2 aromatic rings. The van der Waals surface area contributed by atoms with Crippen LogP contribution in [0.2, 0.25) is 0 Å². The van der Waals surface area contributed by atoms with Gasteiger partial charge in [-0.1, -0.05) is 11.8 Å². The Morgan fingerprint density at radius 1 is 1.40 bits per heavy atom. The summed E-state index contributed by atoms with van der Waals surface area (Å²) in [7, 11) is 0. The van der Waals surface area contributed by atoms with Crippen LogP contribution in [0.25, 0.3) is 0 Å². The molecule has 0 aliphatic rings. The van der Waals surface area contributed by atoms with E-state index in [1.165, 1.54) is 24.5 Å². The van der Waals surface area contributed by atoms with Crippen LogP contribution in [0.3, 0.4) is 0 Å². The number of rotatable bonds is 2. The number of aliphatic hydroxyl groups excluding tert-OH is 1. The molecule has 2 rings (SSSR count). The lowest BCUT2D eigenvalue weighted by Crippen LogP contribution is -2.16. The highest BCUT2D eigenvalue weighted by Gasteiger charge is 2.13. The largest absolute Gasteiger partial charge is 0.384 e. The monoisotopic (exact) mass is 272 g/mol. The van der Waals surface area contributed by atoms with E-state index in [1.807, 2.05) is 0 Å². The Morgan fingerprint density at radius 2 is 2.25 bits per heavy atom. The summed E-state index contributed by atoms with van der Waals surface area (Å²) in [6.45, 7) is -0.317. The van der Waals surface area contributed by atoms with Crippen LogP contribution in [0.4, 0.5) is 10.3 Å². The lowest BCUT2D eigenvalue weighted by atomic mass is 10.1. The van der Waals surface area contributed by atoms with Crippen molar-refractivity contribution in [1.29, 1.82) is 0 Å². The van der Waals surface area contributed by atoms with Gasteiger partial charge in [0.25, 0.3) is 5.91 Å². The first kappa shape index (κ1) is 13.6. The number of aromatic nitrogens is 3. The molecule has 0 saturated carbocycles. The summed E-state index contributed by atoms with van der Waals surface area (Å²) in [5, 5.41) is 18.0. The Kier molecular flexibility index (Phi) is 4.32. The van der Waals surface area contributed by atoms with Crippen LogP contribution in [0.15, 0.2) is 30.6 Å². The van der Waals surface area contributed by atoms with Crippen LogP contribution in [-0.2, 0) is 0 Å². The van der Waals surface area contributed by atoms with Crippen molar-refractivity contribution in [3.63, 3.8) is 0 Å². The molecule has 1 heterocycles. The highest BCUT2D eigenvalue weighted by atomic mass is 19.1. The summed E-state index contributed by atoms with van der Waals surface area (Å²) in [6, 6.07) is 3.88. The maximum Gasteiger partial charge on any atom is 0.261 e. The minimum atomic E-state index is -0.726. The molecule has 1 aromatic carbocycles. The lowest BCUT2D eigenvalue weighted by Gasteiger charge is -2.04. The number of hydrogen-bond donors (Lipinski definition) is 2. The van der Waals surface area contributed by atoms with Gasteiger partial charge in [-0.2, -0.15) is 5.10 Å². The smallest absolute Gasteiger partial charge is 0.261 e. The summed E-state index contributed by atoms with van der Waals surface area (Å²) in [5.41, 5.74) is 0.206. The van der Waals surface area contributed by atoms with E-state index in [4.69, 9.17) is 5.11 Å². The van der Waals surface area contributed by atoms with Gasteiger partial charge in [-0.15, -0.1) is 5.10 Å². The van der Waals surface area contributed by atoms with E-state index in [0.29, 0.717) is 5.56 Å². The fourth-order valence-electron chi connectivity index (χ4n) is 1.39. The first-order valence-corrected chi connectivity index (χ1v) is 5.55. The standard InChI is InChI=1S/C13H9FN4O2/c14-11-8-9(2-1-7-19)3-4-10(11)12(20)17-13-15-5-6-16-18-13/h3-6,8,19H,7H2,(H,15,17,18,20). The molecule has 6 nitrogen and oxygen atoms in total. The van der Waals surface area contributed by atoms with Crippen molar-refractivity contribution in [3.8, 4) is 11.8 Å². The van der Waals surface area contributed by atoms with E-state index in [2.05, 4.69) is 32.3 Å². The SMILES string of the molecule is O=C(Nc1nccnn1)c1ccc(C#CCO)cc1F. The molecule has 2 N–H and O–H groups in total. The Labute approximate surface area is 113 Å². The number of benzene rings is 1. The van der Waals surface area contributed by atoms with Gasteiger partial charge in [-0.25, -0.2) is 9.37 Å². The fraction of sp³-hybridized carbons (Fsp3) is 0.0769. The van der Waals surface area contributed by atoms with Gasteiger partial charge in [0.05, 0.1) is 18.0 Å². The Balaban J connectivity index is 2.18. The summed E-state index contributed by atoms with van der Waals surface area (Å²) < 4.78 is 13.8. The van der Waals surface area contributed by atoms with Crippen molar-refractivity contribution in [1.82, 2.24) is 15.2 Å². The Morgan fingerprint density at radius 3 is 2.90 bits per heavy atom. The maximum atomic E-state index is 13.8. The Bertz CT molecular complexity index is 680. The third-order valence-electron chi connectivity index (χ3n) is 2.23. The number of halogens is 1. The summed E-state index contributed by atoms with van der Waals surface area (Å²) in [4.78, 5) is 15.6. The lowest BCUT2D eigenvalue weighted by molar-refractivity contribution is 0.102. The maximum absolute atomic E-state index is 13.8. The van der Waals surface area contributed by atoms with Gasteiger partial charge in [0.2, 0.25) is 5.95 Å². The molecule has 100 valence electrons. The molecule has 0 unspecified atom stereocenters. The number of carbonyl (C=O) groups excluding carboxylic acids is 1. The summed E-state index contributed by atoms with van der Waals surface area (Å²) >= 11 is 0. The molecular weight excluding hydrogens is 263 g/mol. The second kappa shape index (κ2) is 6.36. The van der Waals surface area contributed by atoms with Gasteiger partial charge in [0.1, 0.15) is 12.4 Å². The predicted molar refractivity (Wildman–Crippen MR) is 68.1 cm³/mol. The number of amides is 1. The van der Waals surface area contributed by atoms with Gasteiger partial charge in [-0.05, 0) is 18.2 Å². The molecule has 0 bridgehead atoms. The average Bonchev–Trinajstić information content (AvgIpc) is 2.46. The molecule has 0 radical (unpaired) electrons. The highest BCUT2D eigenvalue weighted by Crippen LogP contribution is 2.11. The van der Waals surface area contributed by atoms with Crippen molar-refractivity contribution in [2.24, 2.45) is 0 Å². The zero-order valence-corrected chi connectivity index (χ0v) is 10.2. The van der Waals surface area contributed by atoms with Gasteiger partial charge >= 0.3 is 0 Å². The minimum Gasteiger partial charge on any atom is -0.384 e. The normalized spacial score (nSPS) is 9.50. The second-order valence-electron chi connectivity index (χ2n) is 3.57. The van der Waals surface area contributed by atoms with Crippen LogP contribution in [0.5, 0.6) is 0 Å². The zero-order valence-electron chi connectivity index (χ0n) is 10.2. The van der Waals surface area contributed by atoms with E-state index >= 15 is 0 Å². The van der Waals surface area contributed by atoms with Gasteiger partial charge in [0, 0.05) is 5.56 Å². The highest BCUT2D eigenvalue weighted by molar-refractivity contribution is 6.03.